The van der Waals surface area contributed by atoms with Crippen molar-refractivity contribution in [2.75, 3.05) is 11.1 Å². The van der Waals surface area contributed by atoms with Crippen LogP contribution in [0.4, 0.5) is 5.82 Å². The number of aromatic nitrogens is 3. The van der Waals surface area contributed by atoms with Crippen LogP contribution in [0.3, 0.4) is 0 Å². The van der Waals surface area contributed by atoms with Crippen LogP contribution in [0, 0.1) is 0 Å². The van der Waals surface area contributed by atoms with E-state index in [1.165, 1.54) is 11.8 Å². The van der Waals surface area contributed by atoms with Crippen LogP contribution in [0.15, 0.2) is 53.6 Å². The first-order valence-corrected chi connectivity index (χ1v) is 9.44. The van der Waals surface area contributed by atoms with E-state index in [1.807, 2.05) is 24.3 Å². The second kappa shape index (κ2) is 7.01. The average Bonchev–Trinajstić information content (AvgIpc) is 2.92. The van der Waals surface area contributed by atoms with Crippen molar-refractivity contribution in [2.45, 2.75) is 11.8 Å². The van der Waals surface area contributed by atoms with Crippen molar-refractivity contribution in [1.82, 2.24) is 14.8 Å². The molecule has 3 heterocycles. The summed E-state index contributed by atoms with van der Waals surface area (Å²) in [5.74, 6) is 0.750. The summed E-state index contributed by atoms with van der Waals surface area (Å²) in [6.07, 6.45) is 3.31. The second-order valence-electron chi connectivity index (χ2n) is 5.89. The monoisotopic (exact) mass is 386 g/mol. The minimum absolute atomic E-state index is 0.119. The summed E-state index contributed by atoms with van der Waals surface area (Å²) < 4.78 is 1.71. The molecule has 0 aliphatic carbocycles. The summed E-state index contributed by atoms with van der Waals surface area (Å²) in [5, 5.41) is 7.72. The molecule has 2 aromatic heterocycles. The third-order valence-electron chi connectivity index (χ3n) is 4.20. The number of nitrogens with one attached hydrogen (secondary N) is 2. The molecule has 6 nitrogen and oxygen atoms in total. The number of carbonyl (C=O) groups excluding carboxylic acids is 1. The average molecular weight is 387 g/mol. The maximum absolute atomic E-state index is 12.2. The van der Waals surface area contributed by atoms with Crippen molar-refractivity contribution < 1.29 is 4.79 Å². The highest BCUT2D eigenvalue weighted by Gasteiger charge is 2.29. The Morgan fingerprint density at radius 1 is 1.19 bits per heavy atom. The number of aromatic amines is 1. The van der Waals surface area contributed by atoms with E-state index in [0.717, 1.165) is 11.1 Å². The molecule has 0 fully saturated rings. The molecule has 1 unspecified atom stereocenters. The van der Waals surface area contributed by atoms with Gasteiger partial charge in [-0.15, -0.1) is 11.8 Å². The maximum atomic E-state index is 12.2. The van der Waals surface area contributed by atoms with Gasteiger partial charge >= 0.3 is 0 Å². The predicted molar refractivity (Wildman–Crippen MR) is 103 cm³/mol. The van der Waals surface area contributed by atoms with Crippen LogP contribution in [-0.2, 0) is 11.3 Å². The zero-order chi connectivity index (χ0) is 18.1. The van der Waals surface area contributed by atoms with Crippen LogP contribution < -0.4 is 10.9 Å². The molecule has 2 N–H and O–H groups in total. The molecule has 3 aromatic rings. The number of benzene rings is 1. The summed E-state index contributed by atoms with van der Waals surface area (Å²) in [5.41, 5.74) is 2.15. The van der Waals surface area contributed by atoms with Gasteiger partial charge in [-0.25, -0.2) is 4.68 Å². The van der Waals surface area contributed by atoms with Crippen molar-refractivity contribution in [1.29, 1.82) is 0 Å². The van der Waals surface area contributed by atoms with Crippen molar-refractivity contribution in [2.24, 2.45) is 0 Å². The summed E-state index contributed by atoms with van der Waals surface area (Å²) in [6.45, 7) is 0.428. The Hall–Kier alpha value is -2.51. The number of nitrogens with zero attached hydrogens (tertiary/aromatic N) is 2. The Morgan fingerprint density at radius 3 is 2.85 bits per heavy atom. The third-order valence-corrected chi connectivity index (χ3v) is 5.84. The number of thioether (sulfide) groups is 1. The predicted octanol–water partition coefficient (Wildman–Crippen LogP) is 3.05. The first kappa shape index (κ1) is 16.9. The summed E-state index contributed by atoms with van der Waals surface area (Å²) in [4.78, 5) is 27.1. The lowest BCUT2D eigenvalue weighted by Gasteiger charge is -2.13. The highest BCUT2D eigenvalue weighted by Crippen LogP contribution is 2.40. The molecule has 0 saturated heterocycles. The Bertz CT molecular complexity index is 1030. The van der Waals surface area contributed by atoms with Crippen molar-refractivity contribution in [3.05, 3.63) is 80.9 Å². The molecule has 4 rings (SSSR count). The molecule has 0 radical (unpaired) electrons. The minimum Gasteiger partial charge on any atom is -0.329 e. The van der Waals surface area contributed by atoms with E-state index < -0.39 is 0 Å². The zero-order valence-electron chi connectivity index (χ0n) is 13.6. The molecular weight excluding hydrogens is 372 g/mol. The van der Waals surface area contributed by atoms with Gasteiger partial charge in [0.05, 0.1) is 23.7 Å². The number of hydrogen-bond donors (Lipinski definition) is 2. The SMILES string of the molecule is O=C1CSC(c2ccc[nH]c2=O)c2cnn(Cc3ccccc3Cl)c2N1. The van der Waals surface area contributed by atoms with E-state index in [4.69, 9.17) is 11.6 Å². The molecule has 0 bridgehead atoms. The quantitative estimate of drug-likeness (QED) is 0.725. The molecule has 132 valence electrons. The third kappa shape index (κ3) is 3.15. The van der Waals surface area contributed by atoms with Crippen molar-refractivity contribution >= 4 is 35.1 Å². The van der Waals surface area contributed by atoms with Gasteiger partial charge in [0.2, 0.25) is 5.91 Å². The number of anilines is 1. The number of rotatable bonds is 3. The lowest BCUT2D eigenvalue weighted by Crippen LogP contribution is -2.17. The van der Waals surface area contributed by atoms with Gasteiger partial charge in [-0.2, -0.15) is 5.10 Å². The van der Waals surface area contributed by atoms with E-state index in [2.05, 4.69) is 15.4 Å². The number of hydrogen-bond acceptors (Lipinski definition) is 4. The summed E-state index contributed by atoms with van der Waals surface area (Å²) in [7, 11) is 0. The molecular formula is C18H15ClN4O2S. The van der Waals surface area contributed by atoms with E-state index in [-0.39, 0.29) is 22.5 Å². The van der Waals surface area contributed by atoms with Crippen molar-refractivity contribution in [3.63, 3.8) is 0 Å². The number of carbonyl (C=O) groups is 1. The fraction of sp³-hybridized carbons (Fsp3) is 0.167. The number of amides is 1. The van der Waals surface area contributed by atoms with Gasteiger partial charge in [-0.1, -0.05) is 35.9 Å². The second-order valence-corrected chi connectivity index (χ2v) is 7.39. The lowest BCUT2D eigenvalue weighted by atomic mass is 10.1. The summed E-state index contributed by atoms with van der Waals surface area (Å²) >= 11 is 7.67. The molecule has 0 saturated carbocycles. The largest absolute Gasteiger partial charge is 0.329 e. The van der Waals surface area contributed by atoms with Crippen LogP contribution >= 0.6 is 23.4 Å². The highest BCUT2D eigenvalue weighted by atomic mass is 35.5. The molecule has 1 aromatic carbocycles. The fourth-order valence-corrected chi connectivity index (χ4v) is 4.25. The summed E-state index contributed by atoms with van der Waals surface area (Å²) in [6, 6.07) is 11.1. The molecule has 1 aliphatic heterocycles. The first-order chi connectivity index (χ1) is 12.6. The Morgan fingerprint density at radius 2 is 2.04 bits per heavy atom. The van der Waals surface area contributed by atoms with Gasteiger partial charge in [0.15, 0.2) is 0 Å². The highest BCUT2D eigenvalue weighted by molar-refractivity contribution is 8.00. The van der Waals surface area contributed by atoms with Crippen LogP contribution in [0.1, 0.15) is 21.9 Å². The number of pyridine rings is 1. The minimum atomic E-state index is -0.270. The van der Waals surface area contributed by atoms with Crippen LogP contribution in [0.5, 0.6) is 0 Å². The topological polar surface area (TPSA) is 79.8 Å². The number of H-pyrrole nitrogens is 1. The number of fused-ring (bicyclic) bond motifs is 1. The van der Waals surface area contributed by atoms with Crippen LogP contribution in [0.25, 0.3) is 0 Å². The first-order valence-electron chi connectivity index (χ1n) is 8.01. The van der Waals surface area contributed by atoms with Gasteiger partial charge in [-0.3, -0.25) is 9.59 Å². The van der Waals surface area contributed by atoms with Crippen LogP contribution in [0.2, 0.25) is 5.02 Å². The van der Waals surface area contributed by atoms with E-state index in [1.54, 1.807) is 29.2 Å². The van der Waals surface area contributed by atoms with Gasteiger partial charge in [0.25, 0.3) is 5.56 Å². The lowest BCUT2D eigenvalue weighted by molar-refractivity contribution is -0.113. The normalized spacial score (nSPS) is 16.7. The van der Waals surface area contributed by atoms with Crippen LogP contribution in [-0.4, -0.2) is 26.4 Å². The molecule has 1 aliphatic rings. The Kier molecular flexibility index (Phi) is 4.57. The van der Waals surface area contributed by atoms with Gasteiger partial charge in [0.1, 0.15) is 5.82 Å². The van der Waals surface area contributed by atoms with Crippen molar-refractivity contribution in [3.8, 4) is 0 Å². The smallest absolute Gasteiger partial charge is 0.252 e. The molecule has 1 amide bonds. The van der Waals surface area contributed by atoms with E-state index in [0.29, 0.717) is 22.9 Å². The van der Waals surface area contributed by atoms with E-state index in [9.17, 15) is 9.59 Å². The molecule has 26 heavy (non-hydrogen) atoms. The zero-order valence-corrected chi connectivity index (χ0v) is 15.2. The molecule has 0 spiro atoms. The van der Waals surface area contributed by atoms with Gasteiger partial charge in [0, 0.05) is 22.3 Å². The Labute approximate surface area is 158 Å². The Balaban J connectivity index is 1.78. The fourth-order valence-electron chi connectivity index (χ4n) is 2.95. The van der Waals surface area contributed by atoms with Gasteiger partial charge < -0.3 is 10.3 Å². The molecule has 8 heteroatoms. The standard InChI is InChI=1S/C18H15ClN4O2S/c19-14-6-2-1-4-11(14)9-23-17-13(8-21-23)16(26-10-15(24)22-17)12-5-3-7-20-18(12)25/h1-8,16H,9-10H2,(H,20,25)(H,22,24). The van der Waals surface area contributed by atoms with Gasteiger partial charge in [-0.05, 0) is 17.7 Å². The maximum Gasteiger partial charge on any atom is 0.252 e. The van der Waals surface area contributed by atoms with E-state index >= 15 is 0 Å². The molecule has 1 atom stereocenters. The number of halogens is 1.